The Bertz CT molecular complexity index is 1180. The van der Waals surface area contributed by atoms with Gasteiger partial charge < -0.3 is 14.2 Å². The number of ketones is 1. The third-order valence-electron chi connectivity index (χ3n) is 4.27. The number of amides is 1. The highest BCUT2D eigenvalue weighted by Gasteiger charge is 2.19. The van der Waals surface area contributed by atoms with Gasteiger partial charge in [-0.3, -0.25) is 14.3 Å². The van der Waals surface area contributed by atoms with Gasteiger partial charge >= 0.3 is 0 Å². The number of anilines is 1. The number of carbonyl (C=O) groups is 2. The maximum absolute atomic E-state index is 12.7. The van der Waals surface area contributed by atoms with Crippen molar-refractivity contribution in [2.24, 2.45) is 0 Å². The Kier molecular flexibility index (Phi) is 4.82. The molecule has 4 aromatic rings. The minimum absolute atomic E-state index is 0.137. The molecule has 0 unspecified atom stereocenters. The zero-order valence-corrected chi connectivity index (χ0v) is 15.9. The SMILES string of the molecule is CC(=O)c1ccc(Cn2ccc(NC(=O)c3ncoc3-c3cccc(C)c3)n2)o1. The second-order valence-corrected chi connectivity index (χ2v) is 6.57. The van der Waals surface area contributed by atoms with E-state index >= 15 is 0 Å². The topological polar surface area (TPSA) is 103 Å². The van der Waals surface area contributed by atoms with E-state index in [4.69, 9.17) is 8.83 Å². The maximum atomic E-state index is 12.7. The molecule has 1 aromatic carbocycles. The van der Waals surface area contributed by atoms with Crippen LogP contribution in [0.25, 0.3) is 11.3 Å². The van der Waals surface area contributed by atoms with Gasteiger partial charge in [0.1, 0.15) is 5.76 Å². The lowest BCUT2D eigenvalue weighted by Gasteiger charge is -2.03. The average molecular weight is 390 g/mol. The van der Waals surface area contributed by atoms with Gasteiger partial charge in [0.05, 0.1) is 6.54 Å². The predicted molar refractivity (Wildman–Crippen MR) is 105 cm³/mol. The second kappa shape index (κ2) is 7.59. The summed E-state index contributed by atoms with van der Waals surface area (Å²) in [5.41, 5.74) is 2.01. The number of hydrogen-bond acceptors (Lipinski definition) is 6. The Morgan fingerprint density at radius 3 is 2.79 bits per heavy atom. The number of furan rings is 1. The molecule has 0 spiro atoms. The minimum atomic E-state index is -0.419. The molecule has 0 bridgehead atoms. The fourth-order valence-electron chi connectivity index (χ4n) is 2.90. The highest BCUT2D eigenvalue weighted by atomic mass is 16.3. The van der Waals surface area contributed by atoms with Crippen LogP contribution in [-0.4, -0.2) is 26.5 Å². The molecule has 29 heavy (non-hydrogen) atoms. The van der Waals surface area contributed by atoms with Gasteiger partial charge in [-0.2, -0.15) is 5.10 Å². The number of aromatic nitrogens is 3. The maximum Gasteiger partial charge on any atom is 0.279 e. The van der Waals surface area contributed by atoms with Crippen molar-refractivity contribution in [1.29, 1.82) is 0 Å². The summed E-state index contributed by atoms with van der Waals surface area (Å²) in [6.07, 6.45) is 2.95. The smallest absolute Gasteiger partial charge is 0.279 e. The van der Waals surface area contributed by atoms with E-state index in [1.165, 1.54) is 13.3 Å². The number of nitrogens with one attached hydrogen (secondary N) is 1. The van der Waals surface area contributed by atoms with Crippen LogP contribution < -0.4 is 5.32 Å². The molecule has 0 aliphatic carbocycles. The number of nitrogens with zero attached hydrogens (tertiary/aromatic N) is 3. The summed E-state index contributed by atoms with van der Waals surface area (Å²) in [4.78, 5) is 28.0. The Labute approximate surface area is 166 Å². The van der Waals surface area contributed by atoms with Crippen LogP contribution in [0.1, 0.15) is 39.3 Å². The van der Waals surface area contributed by atoms with Gasteiger partial charge in [0, 0.05) is 24.8 Å². The van der Waals surface area contributed by atoms with Crippen LogP contribution in [0.4, 0.5) is 5.82 Å². The zero-order chi connectivity index (χ0) is 20.4. The molecule has 4 rings (SSSR count). The van der Waals surface area contributed by atoms with Gasteiger partial charge in [0.25, 0.3) is 5.91 Å². The molecule has 146 valence electrons. The molecule has 1 amide bonds. The van der Waals surface area contributed by atoms with E-state index < -0.39 is 5.91 Å². The molecular formula is C21H18N4O4. The van der Waals surface area contributed by atoms with Crippen LogP contribution in [0.15, 0.2) is 63.9 Å². The predicted octanol–water partition coefficient (Wildman–Crippen LogP) is 3.94. The van der Waals surface area contributed by atoms with Gasteiger partial charge in [-0.15, -0.1) is 0 Å². The first-order chi connectivity index (χ1) is 14.0. The van der Waals surface area contributed by atoms with E-state index in [1.807, 2.05) is 31.2 Å². The third kappa shape index (κ3) is 4.01. The van der Waals surface area contributed by atoms with Crippen molar-refractivity contribution in [1.82, 2.24) is 14.8 Å². The normalized spacial score (nSPS) is 10.8. The molecule has 0 saturated carbocycles. The first kappa shape index (κ1) is 18.4. The third-order valence-corrected chi connectivity index (χ3v) is 4.27. The van der Waals surface area contributed by atoms with E-state index in [0.29, 0.717) is 29.6 Å². The van der Waals surface area contributed by atoms with E-state index in [-0.39, 0.29) is 11.5 Å². The lowest BCUT2D eigenvalue weighted by molar-refractivity contribution is 0.0983. The Balaban J connectivity index is 1.47. The molecule has 3 heterocycles. The van der Waals surface area contributed by atoms with Gasteiger partial charge in [-0.05, 0) is 25.1 Å². The van der Waals surface area contributed by atoms with E-state index in [0.717, 1.165) is 11.1 Å². The van der Waals surface area contributed by atoms with Crippen molar-refractivity contribution in [2.75, 3.05) is 5.32 Å². The summed E-state index contributed by atoms with van der Waals surface area (Å²) >= 11 is 0. The Morgan fingerprint density at radius 2 is 2.03 bits per heavy atom. The van der Waals surface area contributed by atoms with Crippen LogP contribution in [0, 0.1) is 6.92 Å². The fourth-order valence-corrected chi connectivity index (χ4v) is 2.90. The van der Waals surface area contributed by atoms with Gasteiger partial charge in [-0.25, -0.2) is 4.98 Å². The van der Waals surface area contributed by atoms with Crippen molar-refractivity contribution in [3.05, 3.63) is 77.8 Å². The molecule has 8 heteroatoms. The Hall–Kier alpha value is -3.94. The summed E-state index contributed by atoms with van der Waals surface area (Å²) in [5, 5.41) is 7.03. The van der Waals surface area contributed by atoms with Crippen molar-refractivity contribution in [2.45, 2.75) is 20.4 Å². The number of benzene rings is 1. The highest BCUT2D eigenvalue weighted by molar-refractivity contribution is 6.05. The average Bonchev–Trinajstić information content (AvgIpc) is 3.42. The number of rotatable bonds is 6. The first-order valence-corrected chi connectivity index (χ1v) is 8.94. The number of carbonyl (C=O) groups excluding carboxylic acids is 2. The van der Waals surface area contributed by atoms with Crippen LogP contribution in [0.5, 0.6) is 0 Å². The monoisotopic (exact) mass is 390 g/mol. The van der Waals surface area contributed by atoms with Crippen molar-refractivity contribution in [3.8, 4) is 11.3 Å². The summed E-state index contributed by atoms with van der Waals surface area (Å²) in [5.74, 6) is 1.10. The molecule has 1 N–H and O–H groups in total. The first-order valence-electron chi connectivity index (χ1n) is 8.94. The van der Waals surface area contributed by atoms with E-state index in [1.54, 1.807) is 29.1 Å². The number of Topliss-reactive ketones (excluding diaryl/α,β-unsaturated/α-hetero) is 1. The summed E-state index contributed by atoms with van der Waals surface area (Å²) in [6, 6.07) is 12.6. The van der Waals surface area contributed by atoms with Crippen molar-refractivity contribution >= 4 is 17.5 Å². The number of aryl methyl sites for hydroxylation is 1. The molecule has 0 atom stereocenters. The lowest BCUT2D eigenvalue weighted by atomic mass is 10.1. The van der Waals surface area contributed by atoms with Gasteiger partial charge in [-0.1, -0.05) is 23.8 Å². The summed E-state index contributed by atoms with van der Waals surface area (Å²) in [6.45, 7) is 3.74. The fraction of sp³-hybridized carbons (Fsp3) is 0.143. The molecule has 0 radical (unpaired) electrons. The summed E-state index contributed by atoms with van der Waals surface area (Å²) in [7, 11) is 0. The summed E-state index contributed by atoms with van der Waals surface area (Å²) < 4.78 is 12.5. The molecule has 0 aliphatic rings. The van der Waals surface area contributed by atoms with Crippen molar-refractivity contribution in [3.63, 3.8) is 0 Å². The van der Waals surface area contributed by atoms with Crippen LogP contribution >= 0.6 is 0 Å². The second-order valence-electron chi connectivity index (χ2n) is 6.57. The van der Waals surface area contributed by atoms with Crippen molar-refractivity contribution < 1.29 is 18.4 Å². The molecule has 3 aromatic heterocycles. The Morgan fingerprint density at radius 1 is 1.17 bits per heavy atom. The standard InChI is InChI=1S/C21H18N4O4/c1-13-4-3-5-15(10-13)20-19(22-12-28-20)21(27)23-18-8-9-25(24-18)11-16-6-7-17(29-16)14(2)26/h3-10,12H,11H2,1-2H3,(H,23,24,27). The van der Waals surface area contributed by atoms with E-state index in [9.17, 15) is 9.59 Å². The van der Waals surface area contributed by atoms with Crippen LogP contribution in [-0.2, 0) is 6.54 Å². The molecule has 8 nitrogen and oxygen atoms in total. The lowest BCUT2D eigenvalue weighted by Crippen LogP contribution is -2.14. The highest BCUT2D eigenvalue weighted by Crippen LogP contribution is 2.24. The number of hydrogen-bond donors (Lipinski definition) is 1. The largest absolute Gasteiger partial charge is 0.456 e. The number of oxazole rings is 1. The van der Waals surface area contributed by atoms with Gasteiger partial charge in [0.2, 0.25) is 0 Å². The van der Waals surface area contributed by atoms with Crippen LogP contribution in [0.3, 0.4) is 0 Å². The quantitative estimate of drug-likeness (QED) is 0.500. The minimum Gasteiger partial charge on any atom is -0.456 e. The van der Waals surface area contributed by atoms with Gasteiger partial charge in [0.15, 0.2) is 35.2 Å². The van der Waals surface area contributed by atoms with E-state index in [2.05, 4.69) is 15.4 Å². The molecule has 0 aliphatic heterocycles. The molecule has 0 fully saturated rings. The zero-order valence-electron chi connectivity index (χ0n) is 15.9. The van der Waals surface area contributed by atoms with Crippen LogP contribution in [0.2, 0.25) is 0 Å². The molecule has 0 saturated heterocycles. The molecular weight excluding hydrogens is 372 g/mol.